The Morgan fingerprint density at radius 2 is 1.86 bits per heavy atom. The van der Waals surface area contributed by atoms with Crippen molar-refractivity contribution in [2.75, 3.05) is 0 Å². The third-order valence-corrected chi connectivity index (χ3v) is 2.96. The molecule has 2 rings (SSSR count). The van der Waals surface area contributed by atoms with Crippen molar-refractivity contribution in [1.82, 2.24) is 14.8 Å². The first kappa shape index (κ1) is 16.0. The zero-order valence-corrected chi connectivity index (χ0v) is 12.1. The molecular weight excluding hydrogens is 299 g/mol. The van der Waals surface area contributed by atoms with Crippen LogP contribution in [0.15, 0.2) is 24.5 Å². The van der Waals surface area contributed by atoms with Gasteiger partial charge in [-0.05, 0) is 12.1 Å². The number of hydrogen-bond donors (Lipinski definition) is 1. The van der Waals surface area contributed by atoms with Crippen LogP contribution in [0.25, 0.3) is 5.82 Å². The minimum absolute atomic E-state index is 0.00537. The fourth-order valence-electron chi connectivity index (χ4n) is 1.89. The molecule has 8 heteroatoms. The van der Waals surface area contributed by atoms with Gasteiger partial charge in [-0.25, -0.2) is 14.5 Å². The number of carboxylic acids is 1. The van der Waals surface area contributed by atoms with Crippen LogP contribution in [-0.4, -0.2) is 25.8 Å². The molecule has 2 heterocycles. The van der Waals surface area contributed by atoms with Gasteiger partial charge in [-0.3, -0.25) is 0 Å². The number of halogens is 3. The van der Waals surface area contributed by atoms with E-state index in [0.717, 1.165) is 12.1 Å². The molecule has 22 heavy (non-hydrogen) atoms. The first-order valence-electron chi connectivity index (χ1n) is 6.37. The van der Waals surface area contributed by atoms with E-state index in [1.54, 1.807) is 20.8 Å². The molecule has 1 N–H and O–H groups in total. The number of nitrogens with zero attached hydrogens (tertiary/aromatic N) is 3. The van der Waals surface area contributed by atoms with Gasteiger partial charge in [-0.1, -0.05) is 20.8 Å². The van der Waals surface area contributed by atoms with Gasteiger partial charge in [0.15, 0.2) is 5.82 Å². The molecule has 0 aliphatic heterocycles. The van der Waals surface area contributed by atoms with Gasteiger partial charge in [0.2, 0.25) is 0 Å². The SMILES string of the molecule is CC(C)(C)c1nn(-c2ccc(C(F)(F)F)cn2)cc1C(=O)O. The predicted molar refractivity (Wildman–Crippen MR) is 72.0 cm³/mol. The zero-order chi connectivity index (χ0) is 16.7. The Hall–Kier alpha value is -2.38. The lowest BCUT2D eigenvalue weighted by Crippen LogP contribution is -2.16. The van der Waals surface area contributed by atoms with Crippen LogP contribution in [0, 0.1) is 0 Å². The van der Waals surface area contributed by atoms with Crippen LogP contribution in [0.5, 0.6) is 0 Å². The first-order chi connectivity index (χ1) is 10.00. The largest absolute Gasteiger partial charge is 0.478 e. The van der Waals surface area contributed by atoms with Crippen molar-refractivity contribution in [1.29, 1.82) is 0 Å². The molecule has 0 atom stereocenters. The second-order valence-corrected chi connectivity index (χ2v) is 5.79. The van der Waals surface area contributed by atoms with E-state index in [1.807, 2.05) is 0 Å². The fourth-order valence-corrected chi connectivity index (χ4v) is 1.89. The molecule has 2 aromatic heterocycles. The summed E-state index contributed by atoms with van der Waals surface area (Å²) in [6, 6.07) is 2.02. The summed E-state index contributed by atoms with van der Waals surface area (Å²) in [5.41, 5.74) is -1.07. The van der Waals surface area contributed by atoms with E-state index >= 15 is 0 Å². The zero-order valence-electron chi connectivity index (χ0n) is 12.1. The Morgan fingerprint density at radius 3 is 2.23 bits per heavy atom. The molecule has 5 nitrogen and oxygen atoms in total. The quantitative estimate of drug-likeness (QED) is 0.924. The predicted octanol–water partition coefficient (Wildman–Crippen LogP) is 3.28. The maximum Gasteiger partial charge on any atom is 0.417 e. The van der Waals surface area contributed by atoms with Gasteiger partial charge in [0.25, 0.3) is 0 Å². The number of carbonyl (C=O) groups is 1. The summed E-state index contributed by atoms with van der Waals surface area (Å²) in [5.74, 6) is -1.03. The van der Waals surface area contributed by atoms with E-state index in [4.69, 9.17) is 0 Å². The van der Waals surface area contributed by atoms with Crippen LogP contribution in [0.4, 0.5) is 13.2 Å². The Labute approximate surface area is 124 Å². The number of pyridine rings is 1. The number of rotatable bonds is 2. The van der Waals surface area contributed by atoms with Crippen molar-refractivity contribution in [3.05, 3.63) is 41.3 Å². The lowest BCUT2D eigenvalue weighted by Gasteiger charge is -2.15. The molecule has 0 saturated heterocycles. The number of alkyl halides is 3. The lowest BCUT2D eigenvalue weighted by molar-refractivity contribution is -0.137. The van der Waals surface area contributed by atoms with Crippen molar-refractivity contribution in [2.24, 2.45) is 0 Å². The summed E-state index contributed by atoms with van der Waals surface area (Å²) in [7, 11) is 0. The van der Waals surface area contributed by atoms with Crippen molar-refractivity contribution in [2.45, 2.75) is 32.4 Å². The molecule has 0 aliphatic rings. The molecule has 2 aromatic rings. The van der Waals surface area contributed by atoms with Gasteiger partial charge in [-0.15, -0.1) is 0 Å². The lowest BCUT2D eigenvalue weighted by atomic mass is 9.90. The van der Waals surface area contributed by atoms with E-state index in [-0.39, 0.29) is 11.4 Å². The summed E-state index contributed by atoms with van der Waals surface area (Å²) in [5, 5.41) is 13.4. The Kier molecular flexibility index (Phi) is 3.72. The molecule has 0 spiro atoms. The third-order valence-electron chi connectivity index (χ3n) is 2.96. The smallest absolute Gasteiger partial charge is 0.417 e. The maximum absolute atomic E-state index is 12.5. The second kappa shape index (κ2) is 5.11. The number of hydrogen-bond acceptors (Lipinski definition) is 3. The van der Waals surface area contributed by atoms with Gasteiger partial charge in [0, 0.05) is 17.8 Å². The van der Waals surface area contributed by atoms with Crippen molar-refractivity contribution in [3.63, 3.8) is 0 Å². The Bertz CT molecular complexity index is 698. The number of aromatic nitrogens is 3. The summed E-state index contributed by atoms with van der Waals surface area (Å²) < 4.78 is 38.7. The highest BCUT2D eigenvalue weighted by atomic mass is 19.4. The van der Waals surface area contributed by atoms with Gasteiger partial charge < -0.3 is 5.11 Å². The Balaban J connectivity index is 2.48. The fraction of sp³-hybridized carbons (Fsp3) is 0.357. The normalized spacial score (nSPS) is 12.5. The van der Waals surface area contributed by atoms with Gasteiger partial charge >= 0.3 is 12.1 Å². The molecule has 0 unspecified atom stereocenters. The van der Waals surface area contributed by atoms with Crippen LogP contribution in [0.1, 0.15) is 42.4 Å². The average molecular weight is 313 g/mol. The van der Waals surface area contributed by atoms with Crippen molar-refractivity contribution in [3.8, 4) is 5.82 Å². The van der Waals surface area contributed by atoms with E-state index in [2.05, 4.69) is 10.1 Å². The van der Waals surface area contributed by atoms with Crippen molar-refractivity contribution >= 4 is 5.97 Å². The second-order valence-electron chi connectivity index (χ2n) is 5.79. The monoisotopic (exact) mass is 313 g/mol. The molecule has 0 aromatic carbocycles. The number of carboxylic acid groups (broad SMARTS) is 1. The topological polar surface area (TPSA) is 68.0 Å². The van der Waals surface area contributed by atoms with Crippen LogP contribution >= 0.6 is 0 Å². The van der Waals surface area contributed by atoms with Crippen LogP contribution in [0.3, 0.4) is 0 Å². The summed E-state index contributed by atoms with van der Waals surface area (Å²) in [6.07, 6.45) is -2.54. The van der Waals surface area contributed by atoms with Gasteiger partial charge in [0.1, 0.15) is 5.56 Å². The van der Waals surface area contributed by atoms with Crippen molar-refractivity contribution < 1.29 is 23.1 Å². The third kappa shape index (κ3) is 3.10. The molecule has 0 saturated carbocycles. The summed E-state index contributed by atoms with van der Waals surface area (Å²) >= 11 is 0. The van der Waals surface area contributed by atoms with Gasteiger partial charge in [-0.2, -0.15) is 18.3 Å². The standard InChI is InChI=1S/C14H14F3N3O2/c1-13(2,3)11-9(12(21)22)7-20(19-11)10-5-4-8(6-18-10)14(15,16)17/h4-7H,1-3H3,(H,21,22). The maximum atomic E-state index is 12.5. The van der Waals surface area contributed by atoms with Gasteiger partial charge in [0.05, 0.1) is 11.3 Å². The highest BCUT2D eigenvalue weighted by Gasteiger charge is 2.31. The van der Waals surface area contributed by atoms with Crippen LogP contribution < -0.4 is 0 Å². The highest BCUT2D eigenvalue weighted by Crippen LogP contribution is 2.29. The molecule has 0 bridgehead atoms. The summed E-state index contributed by atoms with van der Waals surface area (Å²) in [6.45, 7) is 5.39. The van der Waals surface area contributed by atoms with Crippen LogP contribution in [-0.2, 0) is 11.6 Å². The minimum atomic E-state index is -4.47. The van der Waals surface area contributed by atoms with Crippen LogP contribution in [0.2, 0.25) is 0 Å². The number of aromatic carboxylic acids is 1. The first-order valence-corrected chi connectivity index (χ1v) is 6.37. The summed E-state index contributed by atoms with van der Waals surface area (Å²) in [4.78, 5) is 15.0. The molecule has 0 amide bonds. The van der Waals surface area contributed by atoms with E-state index in [1.165, 1.54) is 10.9 Å². The van der Waals surface area contributed by atoms with E-state index in [0.29, 0.717) is 11.9 Å². The molecule has 0 aliphatic carbocycles. The van der Waals surface area contributed by atoms with E-state index < -0.39 is 23.1 Å². The molecular formula is C14H14F3N3O2. The molecule has 0 fully saturated rings. The Morgan fingerprint density at radius 1 is 1.23 bits per heavy atom. The molecule has 0 radical (unpaired) electrons. The van der Waals surface area contributed by atoms with E-state index in [9.17, 15) is 23.1 Å². The minimum Gasteiger partial charge on any atom is -0.478 e. The highest BCUT2D eigenvalue weighted by molar-refractivity contribution is 5.89. The average Bonchev–Trinajstić information content (AvgIpc) is 2.83. The molecule has 118 valence electrons.